The van der Waals surface area contributed by atoms with Gasteiger partial charge < -0.3 is 43.1 Å². The van der Waals surface area contributed by atoms with Gasteiger partial charge in [0.2, 0.25) is 5.43 Å². The third kappa shape index (κ3) is 8.69. The molecule has 320 valence electrons. The van der Waals surface area contributed by atoms with E-state index in [9.17, 15) is 9.90 Å². The molecule has 0 fully saturated rings. The van der Waals surface area contributed by atoms with E-state index in [1.165, 1.54) is 0 Å². The van der Waals surface area contributed by atoms with Crippen molar-refractivity contribution in [2.45, 2.75) is 12.2 Å². The summed E-state index contributed by atoms with van der Waals surface area (Å²) in [6.07, 6.45) is 0. The summed E-state index contributed by atoms with van der Waals surface area (Å²) >= 11 is 0. The number of hydrogen-bond acceptors (Lipinski definition) is 10. The molecule has 10 nitrogen and oxygen atoms in total. The SMILES string of the molecule is COc1cccc(Oc2ccccc2)c1C1(O)c2ccccc2Oc2cccc(OC)c21.COc1cccc2oc3ccccc3c(=O)c12.OCc1cccc(Oc2ccccc2)c1. The molecule has 64 heavy (non-hydrogen) atoms. The molecule has 8 aromatic carbocycles. The number of fused-ring (bicyclic) bond motifs is 4. The van der Waals surface area contributed by atoms with Crippen molar-refractivity contribution in [2.24, 2.45) is 0 Å². The minimum absolute atomic E-state index is 0.0337. The van der Waals surface area contributed by atoms with E-state index in [2.05, 4.69) is 0 Å². The van der Waals surface area contributed by atoms with Crippen LogP contribution in [0.1, 0.15) is 22.3 Å². The van der Waals surface area contributed by atoms with Gasteiger partial charge in [0.25, 0.3) is 0 Å². The topological polar surface area (TPSA) is 126 Å². The summed E-state index contributed by atoms with van der Waals surface area (Å²) in [5.74, 6) is 5.22. The van der Waals surface area contributed by atoms with Gasteiger partial charge in [0.15, 0.2) is 5.60 Å². The monoisotopic (exact) mass is 852 g/mol. The molecule has 1 atom stereocenters. The first kappa shape index (κ1) is 42.6. The molecule has 0 amide bonds. The molecule has 0 bridgehead atoms. The second kappa shape index (κ2) is 19.3. The fraction of sp³-hybridized carbons (Fsp3) is 0.0926. The van der Waals surface area contributed by atoms with Crippen LogP contribution in [0.4, 0.5) is 0 Å². The first-order valence-electron chi connectivity index (χ1n) is 20.3. The molecule has 2 N–H and O–H groups in total. The zero-order chi connectivity index (χ0) is 44.5. The first-order chi connectivity index (χ1) is 31.4. The molecule has 1 unspecified atom stereocenters. The lowest BCUT2D eigenvalue weighted by molar-refractivity contribution is 0.103. The number of aliphatic hydroxyl groups is 2. The van der Waals surface area contributed by atoms with Crippen LogP contribution in [0.15, 0.2) is 197 Å². The van der Waals surface area contributed by atoms with Gasteiger partial charge in [0.05, 0.1) is 44.4 Å². The molecule has 0 saturated heterocycles. The number of rotatable bonds is 9. The van der Waals surface area contributed by atoms with Crippen molar-refractivity contribution in [2.75, 3.05) is 21.3 Å². The fourth-order valence-corrected chi connectivity index (χ4v) is 7.55. The second-order valence-corrected chi connectivity index (χ2v) is 14.4. The minimum atomic E-state index is -1.66. The molecule has 1 aliphatic rings. The first-order valence-corrected chi connectivity index (χ1v) is 20.3. The third-order valence-corrected chi connectivity index (χ3v) is 10.5. The molecule has 1 aromatic heterocycles. The highest BCUT2D eigenvalue weighted by Crippen LogP contribution is 2.57. The second-order valence-electron chi connectivity index (χ2n) is 14.4. The maximum atomic E-state index is 12.6. The zero-order valence-electron chi connectivity index (χ0n) is 35.3. The highest BCUT2D eigenvalue weighted by Gasteiger charge is 2.48. The van der Waals surface area contributed by atoms with Crippen molar-refractivity contribution in [1.29, 1.82) is 0 Å². The van der Waals surface area contributed by atoms with Crippen LogP contribution < -0.4 is 33.8 Å². The summed E-state index contributed by atoms with van der Waals surface area (Å²) < 4.78 is 40.3. The van der Waals surface area contributed by atoms with E-state index < -0.39 is 5.60 Å². The molecule has 0 saturated carbocycles. The van der Waals surface area contributed by atoms with E-state index >= 15 is 0 Å². The lowest BCUT2D eigenvalue weighted by Crippen LogP contribution is -2.33. The van der Waals surface area contributed by atoms with Crippen LogP contribution in [0.3, 0.4) is 0 Å². The van der Waals surface area contributed by atoms with Gasteiger partial charge in [-0.05, 0) is 96.6 Å². The van der Waals surface area contributed by atoms with Crippen molar-refractivity contribution in [1.82, 2.24) is 0 Å². The van der Waals surface area contributed by atoms with Gasteiger partial charge in [-0.3, -0.25) is 4.79 Å². The molecule has 10 rings (SSSR count). The van der Waals surface area contributed by atoms with Gasteiger partial charge >= 0.3 is 0 Å². The van der Waals surface area contributed by atoms with Crippen LogP contribution in [0.5, 0.6) is 51.7 Å². The van der Waals surface area contributed by atoms with Crippen molar-refractivity contribution >= 4 is 21.9 Å². The number of benzene rings is 8. The molecular weight excluding hydrogens is 809 g/mol. The quantitative estimate of drug-likeness (QED) is 0.136. The van der Waals surface area contributed by atoms with E-state index in [-0.39, 0.29) is 12.0 Å². The average molecular weight is 853 g/mol. The maximum absolute atomic E-state index is 12.6. The normalized spacial score (nSPS) is 13.4. The van der Waals surface area contributed by atoms with Gasteiger partial charge in [-0.25, -0.2) is 0 Å². The predicted molar refractivity (Wildman–Crippen MR) is 247 cm³/mol. The van der Waals surface area contributed by atoms with E-state index in [4.69, 9.17) is 37.9 Å². The lowest BCUT2D eigenvalue weighted by atomic mass is 9.76. The Morgan fingerprint density at radius 2 is 1.03 bits per heavy atom. The number of para-hydroxylation sites is 4. The fourth-order valence-electron chi connectivity index (χ4n) is 7.55. The average Bonchev–Trinajstić information content (AvgIpc) is 3.34. The van der Waals surface area contributed by atoms with Gasteiger partial charge in [0.1, 0.15) is 68.3 Å². The van der Waals surface area contributed by atoms with Crippen LogP contribution in [0, 0.1) is 0 Å². The van der Waals surface area contributed by atoms with E-state index in [0.29, 0.717) is 78.9 Å². The smallest absolute Gasteiger partial charge is 0.204 e. The Labute approximate surface area is 369 Å². The molecular formula is C54H44O10. The summed E-state index contributed by atoms with van der Waals surface area (Å²) in [5.41, 5.74) is 1.80. The Bertz CT molecular complexity index is 3080. The molecule has 1 aliphatic heterocycles. The van der Waals surface area contributed by atoms with Crippen molar-refractivity contribution in [3.63, 3.8) is 0 Å². The van der Waals surface area contributed by atoms with E-state index in [0.717, 1.165) is 17.1 Å². The Balaban J connectivity index is 0.000000146. The maximum Gasteiger partial charge on any atom is 0.204 e. The zero-order valence-corrected chi connectivity index (χ0v) is 35.3. The standard InChI is InChI=1S/C27H22O5.C14H10O3.C13H12O2/c1-29-21-14-8-16-23(31-18-10-4-3-5-11-18)25(21)27(28)19-12-6-7-13-20(19)32-24-17-9-15-22(30-2)26(24)27;1-16-11-7-4-8-12-13(11)14(15)9-5-2-3-6-10(9)17-12;14-10-11-5-4-8-13(9-11)15-12-6-2-1-3-7-12/h3-17,28H,1-2H3;2-8H,1H3;1-9,14H,10H2. The van der Waals surface area contributed by atoms with Crippen LogP contribution in [-0.4, -0.2) is 31.5 Å². The van der Waals surface area contributed by atoms with Crippen LogP contribution in [0.2, 0.25) is 0 Å². The van der Waals surface area contributed by atoms with E-state index in [1.807, 2.05) is 146 Å². The number of aliphatic hydroxyl groups excluding tert-OH is 1. The van der Waals surface area contributed by atoms with Gasteiger partial charge in [-0.2, -0.15) is 0 Å². The summed E-state index contributed by atoms with van der Waals surface area (Å²) in [4.78, 5) is 12.3. The molecule has 0 radical (unpaired) electrons. The Hall–Kier alpha value is -8.05. The highest BCUT2D eigenvalue weighted by atomic mass is 16.5. The number of hydrogen-bond donors (Lipinski definition) is 2. The minimum Gasteiger partial charge on any atom is -0.496 e. The summed E-state index contributed by atoms with van der Waals surface area (Å²) in [7, 11) is 4.69. The van der Waals surface area contributed by atoms with Gasteiger partial charge in [0, 0.05) is 5.56 Å². The van der Waals surface area contributed by atoms with Crippen molar-refractivity contribution < 1.29 is 43.1 Å². The summed E-state index contributed by atoms with van der Waals surface area (Å²) in [6.45, 7) is 0.0337. The lowest BCUT2D eigenvalue weighted by Gasteiger charge is -2.38. The number of methoxy groups -OCH3 is 3. The molecule has 2 heterocycles. The van der Waals surface area contributed by atoms with Crippen molar-refractivity contribution in [3.05, 3.63) is 221 Å². The summed E-state index contributed by atoms with van der Waals surface area (Å²) in [5, 5.41) is 22.7. The Morgan fingerprint density at radius 1 is 0.500 bits per heavy atom. The Kier molecular flexibility index (Phi) is 12.9. The third-order valence-electron chi connectivity index (χ3n) is 10.5. The Morgan fingerprint density at radius 3 is 1.75 bits per heavy atom. The summed E-state index contributed by atoms with van der Waals surface area (Å²) in [6, 6.07) is 57.3. The van der Waals surface area contributed by atoms with Crippen LogP contribution in [0.25, 0.3) is 21.9 Å². The van der Waals surface area contributed by atoms with Crippen molar-refractivity contribution in [3.8, 4) is 51.7 Å². The molecule has 10 heteroatoms. The molecule has 9 aromatic rings. The van der Waals surface area contributed by atoms with Gasteiger partial charge in [-0.1, -0.05) is 97.1 Å². The highest BCUT2D eigenvalue weighted by molar-refractivity contribution is 5.93. The van der Waals surface area contributed by atoms with Gasteiger partial charge in [-0.15, -0.1) is 0 Å². The van der Waals surface area contributed by atoms with Crippen LogP contribution in [-0.2, 0) is 12.2 Å². The van der Waals surface area contributed by atoms with Crippen LogP contribution >= 0.6 is 0 Å². The number of ether oxygens (including phenoxy) is 6. The largest absolute Gasteiger partial charge is 0.496 e. The predicted octanol–water partition coefficient (Wildman–Crippen LogP) is 11.8. The molecule has 0 spiro atoms. The van der Waals surface area contributed by atoms with E-state index in [1.54, 1.807) is 63.8 Å². The molecule has 0 aliphatic carbocycles.